The van der Waals surface area contributed by atoms with Crippen molar-refractivity contribution in [3.63, 3.8) is 0 Å². The number of nitrogens with one attached hydrogen (secondary N) is 2. The zero-order valence-corrected chi connectivity index (χ0v) is 20.2. The fraction of sp³-hybridized carbons (Fsp3) is 0.385. The molecule has 0 bridgehead atoms. The number of allylic oxidation sites excluding steroid dienone is 1. The predicted molar refractivity (Wildman–Crippen MR) is 129 cm³/mol. The number of carbonyl (C=O) groups excluding carboxylic acids is 4. The van der Waals surface area contributed by atoms with Gasteiger partial charge in [0.25, 0.3) is 5.91 Å². The van der Waals surface area contributed by atoms with Crippen LogP contribution in [-0.4, -0.2) is 48.6 Å². The van der Waals surface area contributed by atoms with Crippen molar-refractivity contribution in [1.29, 1.82) is 0 Å². The van der Waals surface area contributed by atoms with Crippen molar-refractivity contribution < 1.29 is 33.4 Å². The van der Waals surface area contributed by atoms with E-state index in [9.17, 15) is 19.2 Å². The molecule has 2 N–H and O–H groups in total. The van der Waals surface area contributed by atoms with Crippen LogP contribution in [0.4, 0.5) is 5.69 Å². The van der Waals surface area contributed by atoms with Gasteiger partial charge < -0.3 is 24.5 Å². The Morgan fingerprint density at radius 3 is 2.31 bits per heavy atom. The predicted octanol–water partition coefficient (Wildman–Crippen LogP) is 3.37. The van der Waals surface area contributed by atoms with Crippen molar-refractivity contribution in [2.75, 3.05) is 25.1 Å². The second-order valence-corrected chi connectivity index (χ2v) is 7.76. The summed E-state index contributed by atoms with van der Waals surface area (Å²) in [7, 11) is 0. The van der Waals surface area contributed by atoms with E-state index in [4.69, 9.17) is 14.2 Å². The Labute approximate surface area is 203 Å². The summed E-state index contributed by atoms with van der Waals surface area (Å²) >= 11 is 0. The molecule has 2 aromatic rings. The molecular weight excluding hydrogens is 452 g/mol. The lowest BCUT2D eigenvalue weighted by molar-refractivity contribution is -0.143. The molecule has 9 nitrogen and oxygen atoms in total. The molecule has 35 heavy (non-hydrogen) atoms. The molecule has 1 aromatic carbocycles. The second-order valence-electron chi connectivity index (χ2n) is 7.76. The first kappa shape index (κ1) is 25.7. The summed E-state index contributed by atoms with van der Waals surface area (Å²) in [5.74, 6) is -1.71. The second kappa shape index (κ2) is 12.0. The van der Waals surface area contributed by atoms with E-state index in [1.54, 1.807) is 26.8 Å². The summed E-state index contributed by atoms with van der Waals surface area (Å²) in [4.78, 5) is 52.7. The van der Waals surface area contributed by atoms with Crippen LogP contribution in [0, 0.1) is 0 Å². The molecule has 0 unspecified atom stereocenters. The van der Waals surface area contributed by atoms with E-state index in [2.05, 4.69) is 10.3 Å². The molecule has 1 aromatic heterocycles. The first-order chi connectivity index (χ1) is 16.9. The SMILES string of the molecule is CCOC(=O)CCc1c(CC=C2C(=O)Nc3ccccc32)[nH]c(C(=O)OCC)c1CC(=O)OCC. The third kappa shape index (κ3) is 6.17. The van der Waals surface area contributed by atoms with Crippen molar-refractivity contribution in [1.82, 2.24) is 4.98 Å². The van der Waals surface area contributed by atoms with E-state index in [-0.39, 0.29) is 63.1 Å². The summed E-state index contributed by atoms with van der Waals surface area (Å²) in [5.41, 5.74) is 3.84. The molecule has 1 aliphatic heterocycles. The van der Waals surface area contributed by atoms with Crippen LogP contribution >= 0.6 is 0 Å². The lowest BCUT2D eigenvalue weighted by Crippen LogP contribution is -2.14. The molecule has 0 aliphatic carbocycles. The Bertz CT molecular complexity index is 1150. The number of hydrogen-bond acceptors (Lipinski definition) is 7. The standard InChI is InChI=1S/C26H30N2O7/c1-4-33-22(29)14-12-17-19(15-23(30)34-5-2)24(26(32)35-6-3)27-21(17)13-11-18-16-9-7-8-10-20(16)28-25(18)31/h7-11,27H,4-6,12-15H2,1-3H3,(H,28,31). The number of para-hydroxylation sites is 1. The van der Waals surface area contributed by atoms with Gasteiger partial charge in [-0.1, -0.05) is 24.3 Å². The summed E-state index contributed by atoms with van der Waals surface area (Å²) in [5, 5.41) is 2.83. The van der Waals surface area contributed by atoms with Gasteiger partial charge in [0, 0.05) is 35.4 Å². The van der Waals surface area contributed by atoms with Gasteiger partial charge in [-0.3, -0.25) is 14.4 Å². The number of anilines is 1. The van der Waals surface area contributed by atoms with Crippen LogP contribution in [-0.2, 0) is 47.9 Å². The van der Waals surface area contributed by atoms with Crippen molar-refractivity contribution in [3.05, 3.63) is 58.4 Å². The zero-order chi connectivity index (χ0) is 25.4. The average molecular weight is 483 g/mol. The van der Waals surface area contributed by atoms with Crippen LogP contribution in [0.3, 0.4) is 0 Å². The quantitative estimate of drug-likeness (QED) is 0.286. The minimum Gasteiger partial charge on any atom is -0.466 e. The summed E-state index contributed by atoms with van der Waals surface area (Å²) in [6.07, 6.45) is 2.19. The number of benzene rings is 1. The van der Waals surface area contributed by atoms with Gasteiger partial charge in [0.05, 0.1) is 26.2 Å². The number of fused-ring (bicyclic) bond motifs is 1. The molecule has 1 aliphatic rings. The normalized spacial score (nSPS) is 13.3. The largest absolute Gasteiger partial charge is 0.466 e. The van der Waals surface area contributed by atoms with Crippen LogP contribution in [0.5, 0.6) is 0 Å². The van der Waals surface area contributed by atoms with E-state index in [1.165, 1.54) is 0 Å². The minimum atomic E-state index is -0.605. The van der Waals surface area contributed by atoms with Crippen LogP contribution in [0.15, 0.2) is 30.3 Å². The number of ether oxygens (including phenoxy) is 3. The van der Waals surface area contributed by atoms with Crippen molar-refractivity contribution in [2.24, 2.45) is 0 Å². The van der Waals surface area contributed by atoms with Gasteiger partial charge in [-0.05, 0) is 44.4 Å². The van der Waals surface area contributed by atoms with E-state index in [0.717, 1.165) is 11.3 Å². The molecule has 0 saturated carbocycles. The molecule has 0 saturated heterocycles. The van der Waals surface area contributed by atoms with Crippen molar-refractivity contribution in [2.45, 2.75) is 46.5 Å². The number of rotatable bonds is 11. The van der Waals surface area contributed by atoms with Gasteiger partial charge in [0.1, 0.15) is 5.69 Å². The number of hydrogen-bond donors (Lipinski definition) is 2. The third-order valence-corrected chi connectivity index (χ3v) is 5.52. The van der Waals surface area contributed by atoms with E-state index >= 15 is 0 Å². The van der Waals surface area contributed by atoms with Crippen LogP contribution in [0.2, 0.25) is 0 Å². The Balaban J connectivity index is 2.02. The lowest BCUT2D eigenvalue weighted by atomic mass is 9.98. The van der Waals surface area contributed by atoms with E-state index in [1.807, 2.05) is 24.3 Å². The maximum Gasteiger partial charge on any atom is 0.355 e. The highest BCUT2D eigenvalue weighted by Crippen LogP contribution is 2.32. The highest BCUT2D eigenvalue weighted by atomic mass is 16.5. The Hall–Kier alpha value is -3.88. The van der Waals surface area contributed by atoms with Gasteiger partial charge in [0.2, 0.25) is 0 Å². The number of carbonyl (C=O) groups is 4. The Kier molecular flexibility index (Phi) is 8.83. The van der Waals surface area contributed by atoms with Crippen LogP contribution in [0.25, 0.3) is 5.57 Å². The van der Waals surface area contributed by atoms with Gasteiger partial charge in [-0.2, -0.15) is 0 Å². The average Bonchev–Trinajstić information content (AvgIpc) is 3.33. The molecule has 1 amide bonds. The highest BCUT2D eigenvalue weighted by Gasteiger charge is 2.27. The first-order valence-corrected chi connectivity index (χ1v) is 11.7. The monoisotopic (exact) mass is 482 g/mol. The maximum atomic E-state index is 12.7. The van der Waals surface area contributed by atoms with Gasteiger partial charge >= 0.3 is 17.9 Å². The lowest BCUT2D eigenvalue weighted by Gasteiger charge is -2.09. The third-order valence-electron chi connectivity index (χ3n) is 5.52. The van der Waals surface area contributed by atoms with E-state index < -0.39 is 11.9 Å². The molecule has 3 rings (SSSR count). The number of H-pyrrole nitrogens is 1. The van der Waals surface area contributed by atoms with Crippen LogP contribution < -0.4 is 5.32 Å². The van der Waals surface area contributed by atoms with Crippen LogP contribution in [0.1, 0.15) is 60.1 Å². The highest BCUT2D eigenvalue weighted by molar-refractivity contribution is 6.31. The Morgan fingerprint density at radius 1 is 0.914 bits per heavy atom. The number of amides is 1. The molecule has 186 valence electrons. The molecule has 0 atom stereocenters. The minimum absolute atomic E-state index is 0.0661. The number of aromatic nitrogens is 1. The fourth-order valence-corrected chi connectivity index (χ4v) is 4.05. The smallest absolute Gasteiger partial charge is 0.355 e. The topological polar surface area (TPSA) is 124 Å². The summed E-state index contributed by atoms with van der Waals surface area (Å²) in [6, 6.07) is 7.37. The molecule has 0 fully saturated rings. The zero-order valence-electron chi connectivity index (χ0n) is 20.2. The van der Waals surface area contributed by atoms with Gasteiger partial charge in [-0.25, -0.2) is 4.79 Å². The summed E-state index contributed by atoms with van der Waals surface area (Å²) in [6.45, 7) is 5.72. The maximum absolute atomic E-state index is 12.7. The summed E-state index contributed by atoms with van der Waals surface area (Å²) < 4.78 is 15.3. The molecular formula is C26H30N2O7. The number of esters is 3. The number of aromatic amines is 1. The molecule has 0 radical (unpaired) electrons. The fourth-order valence-electron chi connectivity index (χ4n) is 4.05. The van der Waals surface area contributed by atoms with Gasteiger partial charge in [0.15, 0.2) is 0 Å². The molecule has 2 heterocycles. The molecule has 0 spiro atoms. The van der Waals surface area contributed by atoms with Crippen molar-refractivity contribution >= 4 is 35.1 Å². The van der Waals surface area contributed by atoms with Gasteiger partial charge in [-0.15, -0.1) is 0 Å². The van der Waals surface area contributed by atoms with E-state index in [0.29, 0.717) is 22.4 Å². The Morgan fingerprint density at radius 2 is 1.60 bits per heavy atom. The first-order valence-electron chi connectivity index (χ1n) is 11.7. The van der Waals surface area contributed by atoms with Crippen molar-refractivity contribution in [3.8, 4) is 0 Å². The molecule has 9 heteroatoms.